The van der Waals surface area contributed by atoms with Crippen LogP contribution in [0.15, 0.2) is 29.2 Å². The minimum absolute atomic E-state index is 0. The Bertz CT molecular complexity index is 747. The zero-order chi connectivity index (χ0) is 18.7. The second kappa shape index (κ2) is 9.29. The van der Waals surface area contributed by atoms with Crippen molar-refractivity contribution in [2.24, 2.45) is 0 Å². The van der Waals surface area contributed by atoms with Crippen LogP contribution in [0.4, 0.5) is 4.39 Å². The normalized spacial score (nSPS) is 24.7. The first-order valence-corrected chi connectivity index (χ1v) is 10.2. The molecule has 3 rings (SSSR count). The van der Waals surface area contributed by atoms with Crippen LogP contribution in [0.5, 0.6) is 0 Å². The molecule has 2 fully saturated rings. The fourth-order valence-corrected chi connectivity index (χ4v) is 4.79. The highest BCUT2D eigenvalue weighted by Crippen LogP contribution is 2.19. The first-order chi connectivity index (χ1) is 12.4. The lowest BCUT2D eigenvalue weighted by atomic mass is 10.1. The van der Waals surface area contributed by atoms with Gasteiger partial charge < -0.3 is 15.0 Å². The number of rotatable bonds is 3. The molecular formula is C17H25ClFN3O4S. The summed E-state index contributed by atoms with van der Waals surface area (Å²) in [6.45, 7) is 4.43. The number of hydrogen-bond acceptors (Lipinski definition) is 5. The third kappa shape index (κ3) is 4.97. The number of carbonyl (C=O) groups excluding carboxylic acids is 1. The summed E-state index contributed by atoms with van der Waals surface area (Å²) < 4.78 is 45.5. The lowest BCUT2D eigenvalue weighted by Crippen LogP contribution is -2.56. The fraction of sp³-hybridized carbons (Fsp3) is 0.588. The molecule has 2 aliphatic rings. The molecule has 1 aromatic carbocycles. The van der Waals surface area contributed by atoms with E-state index in [1.165, 1.54) is 16.4 Å². The number of nitrogens with one attached hydrogen (secondary N) is 1. The molecule has 1 N–H and O–H groups in total. The molecule has 1 aromatic rings. The van der Waals surface area contributed by atoms with E-state index in [2.05, 4.69) is 5.32 Å². The molecule has 152 valence electrons. The first-order valence-electron chi connectivity index (χ1n) is 8.79. The maximum atomic E-state index is 13.1. The SMILES string of the molecule is C[C@H]1OCCN[C@@H]1C(=O)N1CCCN(S(=O)(=O)c2ccc(F)cc2)CC1.Cl. The van der Waals surface area contributed by atoms with Crippen LogP contribution in [0.25, 0.3) is 0 Å². The van der Waals surface area contributed by atoms with E-state index in [0.29, 0.717) is 39.2 Å². The van der Waals surface area contributed by atoms with Gasteiger partial charge in [0, 0.05) is 32.7 Å². The number of halogens is 2. The molecule has 0 unspecified atom stereocenters. The lowest BCUT2D eigenvalue weighted by molar-refractivity contribution is -0.139. The van der Waals surface area contributed by atoms with Crippen molar-refractivity contribution in [1.29, 1.82) is 0 Å². The Morgan fingerprint density at radius 3 is 2.56 bits per heavy atom. The molecule has 0 aromatic heterocycles. The van der Waals surface area contributed by atoms with E-state index in [0.717, 1.165) is 12.1 Å². The Labute approximate surface area is 165 Å². The minimum atomic E-state index is -3.70. The van der Waals surface area contributed by atoms with E-state index >= 15 is 0 Å². The van der Waals surface area contributed by atoms with Gasteiger partial charge in [-0.05, 0) is 37.6 Å². The molecule has 0 spiro atoms. The average Bonchev–Trinajstić information content (AvgIpc) is 2.89. The maximum absolute atomic E-state index is 13.1. The molecule has 2 saturated heterocycles. The number of nitrogens with zero attached hydrogens (tertiary/aromatic N) is 2. The van der Waals surface area contributed by atoms with Crippen LogP contribution in [-0.2, 0) is 19.6 Å². The monoisotopic (exact) mass is 421 g/mol. The molecule has 2 heterocycles. The van der Waals surface area contributed by atoms with Crippen LogP contribution in [0.2, 0.25) is 0 Å². The molecule has 0 radical (unpaired) electrons. The highest BCUT2D eigenvalue weighted by atomic mass is 35.5. The number of amides is 1. The molecule has 1 amide bonds. The summed E-state index contributed by atoms with van der Waals surface area (Å²) in [5.74, 6) is -0.536. The third-order valence-electron chi connectivity index (χ3n) is 4.80. The van der Waals surface area contributed by atoms with E-state index in [4.69, 9.17) is 4.74 Å². The number of benzene rings is 1. The van der Waals surface area contributed by atoms with Crippen LogP contribution < -0.4 is 5.32 Å². The van der Waals surface area contributed by atoms with Crippen LogP contribution in [0.1, 0.15) is 13.3 Å². The molecule has 0 saturated carbocycles. The van der Waals surface area contributed by atoms with Gasteiger partial charge in [0.05, 0.1) is 17.6 Å². The molecule has 10 heteroatoms. The third-order valence-corrected chi connectivity index (χ3v) is 6.71. The van der Waals surface area contributed by atoms with Gasteiger partial charge in [-0.1, -0.05) is 0 Å². The topological polar surface area (TPSA) is 79.0 Å². The highest BCUT2D eigenvalue weighted by Gasteiger charge is 2.34. The van der Waals surface area contributed by atoms with Crippen molar-refractivity contribution in [2.45, 2.75) is 30.4 Å². The Morgan fingerprint density at radius 2 is 1.89 bits per heavy atom. The van der Waals surface area contributed by atoms with Crippen molar-refractivity contribution in [3.63, 3.8) is 0 Å². The number of carbonyl (C=O) groups is 1. The summed E-state index contributed by atoms with van der Waals surface area (Å²) in [5.41, 5.74) is 0. The van der Waals surface area contributed by atoms with Gasteiger partial charge >= 0.3 is 0 Å². The number of hydrogen-bond donors (Lipinski definition) is 1. The minimum Gasteiger partial charge on any atom is -0.375 e. The Balaban J connectivity index is 0.00000261. The predicted octanol–water partition coefficient (Wildman–Crippen LogP) is 0.847. The molecule has 27 heavy (non-hydrogen) atoms. The summed E-state index contributed by atoms with van der Waals surface area (Å²) in [7, 11) is -3.70. The van der Waals surface area contributed by atoms with E-state index in [1.807, 2.05) is 6.92 Å². The summed E-state index contributed by atoms with van der Waals surface area (Å²) in [6, 6.07) is 4.41. The van der Waals surface area contributed by atoms with E-state index < -0.39 is 21.9 Å². The first kappa shape index (κ1) is 22.0. The van der Waals surface area contributed by atoms with Gasteiger partial charge in [0.15, 0.2) is 0 Å². The molecular weight excluding hydrogens is 397 g/mol. The molecule has 7 nitrogen and oxygen atoms in total. The van der Waals surface area contributed by atoms with E-state index in [9.17, 15) is 17.6 Å². The number of ether oxygens (including phenoxy) is 1. The van der Waals surface area contributed by atoms with Crippen molar-refractivity contribution < 1.29 is 22.3 Å². The summed E-state index contributed by atoms with van der Waals surface area (Å²) in [5, 5.41) is 3.18. The van der Waals surface area contributed by atoms with Gasteiger partial charge in [-0.3, -0.25) is 4.79 Å². The van der Waals surface area contributed by atoms with Crippen LogP contribution in [0.3, 0.4) is 0 Å². The zero-order valence-electron chi connectivity index (χ0n) is 15.1. The second-order valence-corrected chi connectivity index (χ2v) is 8.48. The highest BCUT2D eigenvalue weighted by molar-refractivity contribution is 7.89. The van der Waals surface area contributed by atoms with E-state index in [-0.39, 0.29) is 35.9 Å². The maximum Gasteiger partial charge on any atom is 0.243 e. The van der Waals surface area contributed by atoms with Crippen molar-refractivity contribution in [1.82, 2.24) is 14.5 Å². The van der Waals surface area contributed by atoms with Crippen molar-refractivity contribution in [2.75, 3.05) is 39.3 Å². The fourth-order valence-electron chi connectivity index (χ4n) is 3.32. The molecule has 2 aliphatic heterocycles. The summed E-state index contributed by atoms with van der Waals surface area (Å²) in [6.07, 6.45) is 0.340. The van der Waals surface area contributed by atoms with Crippen LogP contribution >= 0.6 is 12.4 Å². The van der Waals surface area contributed by atoms with Crippen molar-refractivity contribution in [3.8, 4) is 0 Å². The molecule has 0 aliphatic carbocycles. The smallest absolute Gasteiger partial charge is 0.243 e. The van der Waals surface area contributed by atoms with Gasteiger partial charge in [-0.15, -0.1) is 12.4 Å². The van der Waals surface area contributed by atoms with Crippen LogP contribution in [-0.4, -0.2) is 75.0 Å². The number of morpholine rings is 1. The Kier molecular flexibility index (Phi) is 7.58. The van der Waals surface area contributed by atoms with Gasteiger partial charge in [0.25, 0.3) is 0 Å². The Morgan fingerprint density at radius 1 is 1.19 bits per heavy atom. The average molecular weight is 422 g/mol. The second-order valence-electron chi connectivity index (χ2n) is 6.54. The van der Waals surface area contributed by atoms with Gasteiger partial charge in [-0.2, -0.15) is 4.31 Å². The Hall–Kier alpha value is -1.26. The molecule has 2 atom stereocenters. The van der Waals surface area contributed by atoms with Gasteiger partial charge in [-0.25, -0.2) is 12.8 Å². The standard InChI is InChI=1S/C17H24FN3O4S.ClH/c1-13-16(19-7-12-25-13)17(22)20-8-2-9-21(11-10-20)26(23,24)15-5-3-14(18)4-6-15;/h3-6,13,16,19H,2,7-12H2,1H3;1H/t13-,16+;/m1./s1. The predicted molar refractivity (Wildman–Crippen MR) is 101 cm³/mol. The quantitative estimate of drug-likeness (QED) is 0.782. The summed E-state index contributed by atoms with van der Waals surface area (Å²) in [4.78, 5) is 14.5. The zero-order valence-corrected chi connectivity index (χ0v) is 16.8. The lowest BCUT2D eigenvalue weighted by Gasteiger charge is -2.33. The van der Waals surface area contributed by atoms with Crippen LogP contribution in [0, 0.1) is 5.82 Å². The van der Waals surface area contributed by atoms with Gasteiger partial charge in [0.2, 0.25) is 15.9 Å². The van der Waals surface area contributed by atoms with Crippen molar-refractivity contribution >= 4 is 28.3 Å². The van der Waals surface area contributed by atoms with Gasteiger partial charge in [0.1, 0.15) is 11.9 Å². The van der Waals surface area contributed by atoms with E-state index in [1.54, 1.807) is 4.90 Å². The number of sulfonamides is 1. The molecule has 0 bridgehead atoms. The summed E-state index contributed by atoms with van der Waals surface area (Å²) >= 11 is 0. The van der Waals surface area contributed by atoms with Crippen molar-refractivity contribution in [3.05, 3.63) is 30.1 Å². The largest absolute Gasteiger partial charge is 0.375 e.